The zero-order valence-corrected chi connectivity index (χ0v) is 21.9. The molecule has 4 rings (SSSR count). The molecule has 0 unspecified atom stereocenters. The average molecular weight is 520 g/mol. The molecule has 3 aromatic rings. The summed E-state index contributed by atoms with van der Waals surface area (Å²) in [6.07, 6.45) is 1.68. The zero-order chi connectivity index (χ0) is 26.2. The van der Waals surface area contributed by atoms with Crippen molar-refractivity contribution in [2.24, 2.45) is 0 Å². The molecular formula is C29H29NO6S. The number of aryl methyl sites for hydroxylation is 2. The van der Waals surface area contributed by atoms with Gasteiger partial charge in [0.15, 0.2) is 11.5 Å². The van der Waals surface area contributed by atoms with Gasteiger partial charge in [-0.25, -0.2) is 0 Å². The Morgan fingerprint density at radius 3 is 2.30 bits per heavy atom. The van der Waals surface area contributed by atoms with Gasteiger partial charge in [0.2, 0.25) is 0 Å². The second-order valence-corrected chi connectivity index (χ2v) is 9.41. The first-order chi connectivity index (χ1) is 17.9. The van der Waals surface area contributed by atoms with Crippen LogP contribution in [-0.4, -0.2) is 49.5 Å². The smallest absolute Gasteiger partial charge is 0.293 e. The second-order valence-electron chi connectivity index (χ2n) is 8.42. The molecule has 0 atom stereocenters. The Bertz CT molecular complexity index is 1290. The van der Waals surface area contributed by atoms with Crippen LogP contribution in [0.15, 0.2) is 71.6 Å². The molecule has 37 heavy (non-hydrogen) atoms. The summed E-state index contributed by atoms with van der Waals surface area (Å²) in [5.74, 6) is 2.24. The monoisotopic (exact) mass is 519 g/mol. The highest BCUT2D eigenvalue weighted by Crippen LogP contribution is 2.34. The molecular weight excluding hydrogens is 490 g/mol. The summed E-state index contributed by atoms with van der Waals surface area (Å²) < 4.78 is 22.7. The number of rotatable bonds is 11. The van der Waals surface area contributed by atoms with E-state index in [9.17, 15) is 9.59 Å². The first kappa shape index (κ1) is 26.2. The van der Waals surface area contributed by atoms with Crippen molar-refractivity contribution >= 4 is 29.0 Å². The van der Waals surface area contributed by atoms with Crippen molar-refractivity contribution in [1.82, 2.24) is 4.90 Å². The summed E-state index contributed by atoms with van der Waals surface area (Å²) in [5.41, 5.74) is 2.97. The van der Waals surface area contributed by atoms with Crippen LogP contribution in [0.25, 0.3) is 6.08 Å². The van der Waals surface area contributed by atoms with Gasteiger partial charge in [-0.3, -0.25) is 14.5 Å². The van der Waals surface area contributed by atoms with Crippen LogP contribution in [0.3, 0.4) is 0 Å². The van der Waals surface area contributed by atoms with Gasteiger partial charge in [-0.2, -0.15) is 0 Å². The van der Waals surface area contributed by atoms with Crippen LogP contribution in [-0.2, 0) is 4.79 Å². The van der Waals surface area contributed by atoms with Gasteiger partial charge in [-0.1, -0.05) is 35.9 Å². The minimum absolute atomic E-state index is 0.177. The molecule has 3 aromatic carbocycles. The molecule has 1 heterocycles. The summed E-state index contributed by atoms with van der Waals surface area (Å²) >= 11 is 0.913. The summed E-state index contributed by atoms with van der Waals surface area (Å²) in [5, 5.41) is -0.315. The number of imide groups is 1. The Kier molecular flexibility index (Phi) is 8.74. The molecule has 0 N–H and O–H groups in total. The van der Waals surface area contributed by atoms with E-state index in [4.69, 9.17) is 18.9 Å². The molecule has 8 heteroatoms. The summed E-state index contributed by atoms with van der Waals surface area (Å²) in [6.45, 7) is 5.13. The minimum atomic E-state index is -0.338. The van der Waals surface area contributed by atoms with E-state index < -0.39 is 0 Å². The number of ether oxygens (including phenoxy) is 4. The number of benzene rings is 3. The standard InChI is InChI=1S/C29H29NO6S/c1-20-7-10-23(11-8-20)35-15-16-36-25-12-9-22(18-26(25)33-3)19-27-28(31)30(29(32)37-27)13-14-34-24-6-4-5-21(2)17-24/h4-12,17-19H,13-16H2,1-3H3/b27-19-. The lowest BCUT2D eigenvalue weighted by molar-refractivity contribution is -0.123. The van der Waals surface area contributed by atoms with Crippen LogP contribution in [0.4, 0.5) is 4.79 Å². The molecule has 0 saturated carbocycles. The molecule has 0 aliphatic carbocycles. The summed E-state index contributed by atoms with van der Waals surface area (Å²) in [4.78, 5) is 26.8. The lowest BCUT2D eigenvalue weighted by atomic mass is 10.2. The molecule has 0 aromatic heterocycles. The third kappa shape index (κ3) is 7.07. The van der Waals surface area contributed by atoms with Crippen molar-refractivity contribution in [1.29, 1.82) is 0 Å². The van der Waals surface area contributed by atoms with E-state index in [1.54, 1.807) is 25.3 Å². The fourth-order valence-corrected chi connectivity index (χ4v) is 4.51. The zero-order valence-electron chi connectivity index (χ0n) is 21.1. The van der Waals surface area contributed by atoms with Crippen molar-refractivity contribution in [3.05, 3.63) is 88.3 Å². The van der Waals surface area contributed by atoms with E-state index in [0.29, 0.717) is 35.4 Å². The number of carbonyl (C=O) groups excluding carboxylic acids is 2. The van der Waals surface area contributed by atoms with Gasteiger partial charge in [0.05, 0.1) is 18.6 Å². The van der Waals surface area contributed by atoms with Gasteiger partial charge in [0, 0.05) is 0 Å². The Morgan fingerprint density at radius 2 is 1.54 bits per heavy atom. The maximum Gasteiger partial charge on any atom is 0.293 e. The maximum atomic E-state index is 12.8. The highest BCUT2D eigenvalue weighted by atomic mass is 32.2. The number of hydrogen-bond donors (Lipinski definition) is 0. The molecule has 0 bridgehead atoms. The number of hydrogen-bond acceptors (Lipinski definition) is 7. The lowest BCUT2D eigenvalue weighted by Gasteiger charge is -2.13. The van der Waals surface area contributed by atoms with Crippen LogP contribution in [0.5, 0.6) is 23.0 Å². The highest BCUT2D eigenvalue weighted by Gasteiger charge is 2.34. The minimum Gasteiger partial charge on any atom is -0.493 e. The Balaban J connectivity index is 1.32. The summed E-state index contributed by atoms with van der Waals surface area (Å²) in [6, 6.07) is 20.8. The predicted octanol–water partition coefficient (Wildman–Crippen LogP) is 5.89. The number of thioether (sulfide) groups is 1. The number of methoxy groups -OCH3 is 1. The van der Waals surface area contributed by atoms with Gasteiger partial charge < -0.3 is 18.9 Å². The normalized spacial score (nSPS) is 14.2. The molecule has 192 valence electrons. The van der Waals surface area contributed by atoms with Crippen molar-refractivity contribution in [3.63, 3.8) is 0 Å². The Hall–Kier alpha value is -3.91. The van der Waals surface area contributed by atoms with Gasteiger partial charge in [-0.15, -0.1) is 0 Å². The highest BCUT2D eigenvalue weighted by molar-refractivity contribution is 8.18. The molecule has 1 fully saturated rings. The number of amides is 2. The van der Waals surface area contributed by atoms with Crippen LogP contribution in [0.1, 0.15) is 16.7 Å². The number of carbonyl (C=O) groups is 2. The van der Waals surface area contributed by atoms with Crippen LogP contribution < -0.4 is 18.9 Å². The average Bonchev–Trinajstić information content (AvgIpc) is 3.15. The van der Waals surface area contributed by atoms with Crippen molar-refractivity contribution < 1.29 is 28.5 Å². The predicted molar refractivity (Wildman–Crippen MR) is 145 cm³/mol. The van der Waals surface area contributed by atoms with Crippen LogP contribution in [0, 0.1) is 13.8 Å². The van der Waals surface area contributed by atoms with E-state index >= 15 is 0 Å². The third-order valence-corrected chi connectivity index (χ3v) is 6.47. The molecule has 1 saturated heterocycles. The Labute approximate surface area is 221 Å². The first-order valence-electron chi connectivity index (χ1n) is 11.9. The van der Waals surface area contributed by atoms with E-state index in [0.717, 1.165) is 28.6 Å². The summed E-state index contributed by atoms with van der Waals surface area (Å²) in [7, 11) is 1.55. The van der Waals surface area contributed by atoms with Gasteiger partial charge in [-0.05, 0) is 79.2 Å². The molecule has 0 radical (unpaired) electrons. The first-order valence-corrected chi connectivity index (χ1v) is 12.7. The largest absolute Gasteiger partial charge is 0.493 e. The van der Waals surface area contributed by atoms with Gasteiger partial charge >= 0.3 is 0 Å². The van der Waals surface area contributed by atoms with Gasteiger partial charge in [0.1, 0.15) is 31.3 Å². The van der Waals surface area contributed by atoms with Gasteiger partial charge in [0.25, 0.3) is 11.1 Å². The topological polar surface area (TPSA) is 74.3 Å². The van der Waals surface area contributed by atoms with Crippen LogP contribution >= 0.6 is 11.8 Å². The molecule has 1 aliphatic heterocycles. The fraction of sp³-hybridized carbons (Fsp3) is 0.241. The maximum absolute atomic E-state index is 12.8. The molecule has 7 nitrogen and oxygen atoms in total. The van der Waals surface area contributed by atoms with Crippen molar-refractivity contribution in [2.45, 2.75) is 13.8 Å². The van der Waals surface area contributed by atoms with Crippen molar-refractivity contribution in [2.75, 3.05) is 33.5 Å². The second kappa shape index (κ2) is 12.4. The van der Waals surface area contributed by atoms with Crippen molar-refractivity contribution in [3.8, 4) is 23.0 Å². The quantitative estimate of drug-likeness (QED) is 0.231. The molecule has 2 amide bonds. The lowest BCUT2D eigenvalue weighted by Crippen LogP contribution is -2.32. The molecule has 1 aliphatic rings. The van der Waals surface area contributed by atoms with E-state index in [2.05, 4.69) is 0 Å². The van der Waals surface area contributed by atoms with Crippen LogP contribution in [0.2, 0.25) is 0 Å². The molecule has 0 spiro atoms. The Morgan fingerprint density at radius 1 is 0.784 bits per heavy atom. The van der Waals surface area contributed by atoms with E-state index in [1.165, 1.54) is 10.5 Å². The fourth-order valence-electron chi connectivity index (χ4n) is 3.64. The van der Waals surface area contributed by atoms with E-state index in [-0.39, 0.29) is 24.3 Å². The number of nitrogens with zero attached hydrogens (tertiary/aromatic N) is 1. The third-order valence-electron chi connectivity index (χ3n) is 5.56. The SMILES string of the molecule is COc1cc(/C=C2\SC(=O)N(CCOc3cccc(C)c3)C2=O)ccc1OCCOc1ccc(C)cc1. The van der Waals surface area contributed by atoms with E-state index in [1.807, 2.05) is 68.4 Å².